The van der Waals surface area contributed by atoms with Crippen molar-refractivity contribution in [2.75, 3.05) is 19.6 Å². The van der Waals surface area contributed by atoms with Gasteiger partial charge in [0.05, 0.1) is 19.4 Å². The van der Waals surface area contributed by atoms with Crippen molar-refractivity contribution >= 4 is 5.91 Å². The van der Waals surface area contributed by atoms with Gasteiger partial charge in [0.1, 0.15) is 5.76 Å². The molecule has 1 saturated heterocycles. The van der Waals surface area contributed by atoms with Crippen molar-refractivity contribution in [3.63, 3.8) is 0 Å². The van der Waals surface area contributed by atoms with E-state index in [1.54, 1.807) is 12.5 Å². The SMILES string of the molecule is O=C(CN(Cc1cccnc1)Cc1ccco1)N1CCCC1. The molecule has 0 aromatic carbocycles. The third-order valence-electron chi connectivity index (χ3n) is 3.91. The second-order valence-electron chi connectivity index (χ2n) is 5.67. The second-order valence-corrected chi connectivity index (χ2v) is 5.67. The highest BCUT2D eigenvalue weighted by atomic mass is 16.3. The first-order chi connectivity index (χ1) is 10.8. The van der Waals surface area contributed by atoms with Crippen LogP contribution in [-0.2, 0) is 17.9 Å². The highest BCUT2D eigenvalue weighted by Crippen LogP contribution is 2.13. The van der Waals surface area contributed by atoms with Gasteiger partial charge in [-0.1, -0.05) is 6.07 Å². The average Bonchev–Trinajstić information content (AvgIpc) is 3.21. The molecule has 3 rings (SSSR count). The second kappa shape index (κ2) is 7.22. The summed E-state index contributed by atoms with van der Waals surface area (Å²) in [5.74, 6) is 1.08. The lowest BCUT2D eigenvalue weighted by molar-refractivity contribution is -0.131. The van der Waals surface area contributed by atoms with E-state index >= 15 is 0 Å². The minimum Gasteiger partial charge on any atom is -0.468 e. The highest BCUT2D eigenvalue weighted by molar-refractivity contribution is 5.78. The molecule has 0 saturated carbocycles. The molecule has 22 heavy (non-hydrogen) atoms. The Balaban J connectivity index is 1.66. The number of aromatic nitrogens is 1. The fraction of sp³-hybridized carbons (Fsp3) is 0.412. The van der Waals surface area contributed by atoms with Crippen LogP contribution in [0, 0.1) is 0 Å². The first-order valence-electron chi connectivity index (χ1n) is 7.73. The van der Waals surface area contributed by atoms with Crippen molar-refractivity contribution in [2.45, 2.75) is 25.9 Å². The van der Waals surface area contributed by atoms with E-state index in [0.29, 0.717) is 19.6 Å². The van der Waals surface area contributed by atoms with Gasteiger partial charge >= 0.3 is 0 Å². The first kappa shape index (κ1) is 14.8. The number of pyridine rings is 1. The smallest absolute Gasteiger partial charge is 0.236 e. The maximum absolute atomic E-state index is 12.4. The van der Waals surface area contributed by atoms with Crippen LogP contribution in [0.3, 0.4) is 0 Å². The van der Waals surface area contributed by atoms with Crippen LogP contribution >= 0.6 is 0 Å². The predicted octanol–water partition coefficient (Wildman–Crippen LogP) is 2.30. The number of hydrogen-bond acceptors (Lipinski definition) is 4. The molecule has 2 aromatic rings. The van der Waals surface area contributed by atoms with Crippen molar-refractivity contribution in [3.8, 4) is 0 Å². The van der Waals surface area contributed by atoms with E-state index in [9.17, 15) is 4.79 Å². The van der Waals surface area contributed by atoms with Crippen LogP contribution in [0.4, 0.5) is 0 Å². The molecular formula is C17H21N3O2. The van der Waals surface area contributed by atoms with Crippen LogP contribution in [0.1, 0.15) is 24.2 Å². The summed E-state index contributed by atoms with van der Waals surface area (Å²) >= 11 is 0. The summed E-state index contributed by atoms with van der Waals surface area (Å²) < 4.78 is 5.43. The van der Waals surface area contributed by atoms with E-state index in [2.05, 4.69) is 9.88 Å². The highest BCUT2D eigenvalue weighted by Gasteiger charge is 2.21. The fourth-order valence-corrected chi connectivity index (χ4v) is 2.80. The average molecular weight is 299 g/mol. The predicted molar refractivity (Wildman–Crippen MR) is 82.9 cm³/mol. The van der Waals surface area contributed by atoms with Gasteiger partial charge in [-0.3, -0.25) is 14.7 Å². The van der Waals surface area contributed by atoms with Gasteiger partial charge in [-0.15, -0.1) is 0 Å². The molecule has 1 amide bonds. The molecule has 116 valence electrons. The molecule has 0 atom stereocenters. The van der Waals surface area contributed by atoms with Crippen LogP contribution in [-0.4, -0.2) is 40.3 Å². The summed E-state index contributed by atoms with van der Waals surface area (Å²) in [5, 5.41) is 0. The molecule has 2 aromatic heterocycles. The number of carbonyl (C=O) groups excluding carboxylic acids is 1. The quantitative estimate of drug-likeness (QED) is 0.821. The number of furan rings is 1. The molecule has 1 fully saturated rings. The van der Waals surface area contributed by atoms with E-state index < -0.39 is 0 Å². The minimum atomic E-state index is 0.202. The molecule has 5 nitrogen and oxygen atoms in total. The number of hydrogen-bond donors (Lipinski definition) is 0. The molecule has 1 aliphatic rings. The largest absolute Gasteiger partial charge is 0.468 e. The van der Waals surface area contributed by atoms with E-state index in [0.717, 1.165) is 37.3 Å². The van der Waals surface area contributed by atoms with Crippen molar-refractivity contribution < 1.29 is 9.21 Å². The number of amides is 1. The molecule has 1 aliphatic heterocycles. The van der Waals surface area contributed by atoms with Crippen LogP contribution in [0.15, 0.2) is 47.3 Å². The lowest BCUT2D eigenvalue weighted by atomic mass is 10.2. The molecule has 0 aliphatic carbocycles. The van der Waals surface area contributed by atoms with Gasteiger partial charge in [0.15, 0.2) is 0 Å². The minimum absolute atomic E-state index is 0.202. The Kier molecular flexibility index (Phi) is 4.85. The number of nitrogens with zero attached hydrogens (tertiary/aromatic N) is 3. The van der Waals surface area contributed by atoms with Gasteiger partial charge in [0.2, 0.25) is 5.91 Å². The summed E-state index contributed by atoms with van der Waals surface area (Å²) in [6, 6.07) is 7.77. The van der Waals surface area contributed by atoms with Gasteiger partial charge in [0, 0.05) is 32.0 Å². The van der Waals surface area contributed by atoms with Crippen molar-refractivity contribution in [2.24, 2.45) is 0 Å². The summed E-state index contributed by atoms with van der Waals surface area (Å²) in [5.41, 5.74) is 1.10. The van der Waals surface area contributed by atoms with Gasteiger partial charge in [0.25, 0.3) is 0 Å². The lowest BCUT2D eigenvalue weighted by Gasteiger charge is -2.24. The van der Waals surface area contributed by atoms with Gasteiger partial charge in [-0.05, 0) is 36.6 Å². The van der Waals surface area contributed by atoms with Gasteiger partial charge in [-0.25, -0.2) is 0 Å². The number of likely N-dealkylation sites (tertiary alicyclic amines) is 1. The fourth-order valence-electron chi connectivity index (χ4n) is 2.80. The van der Waals surface area contributed by atoms with Crippen LogP contribution < -0.4 is 0 Å². The molecule has 0 unspecified atom stereocenters. The third-order valence-corrected chi connectivity index (χ3v) is 3.91. The topological polar surface area (TPSA) is 49.6 Å². The molecule has 0 bridgehead atoms. The first-order valence-corrected chi connectivity index (χ1v) is 7.73. The van der Waals surface area contributed by atoms with Crippen molar-refractivity contribution in [1.82, 2.24) is 14.8 Å². The Morgan fingerprint density at radius 1 is 1.23 bits per heavy atom. The molecular weight excluding hydrogens is 278 g/mol. The summed E-state index contributed by atoms with van der Waals surface area (Å²) in [7, 11) is 0. The van der Waals surface area contributed by atoms with Crippen molar-refractivity contribution in [3.05, 3.63) is 54.2 Å². The Labute approximate surface area is 130 Å². The lowest BCUT2D eigenvalue weighted by Crippen LogP contribution is -2.38. The zero-order chi connectivity index (χ0) is 15.2. The van der Waals surface area contributed by atoms with Crippen LogP contribution in [0.2, 0.25) is 0 Å². The third kappa shape index (κ3) is 3.95. The summed E-state index contributed by atoms with van der Waals surface area (Å²) in [6.07, 6.45) is 7.50. The zero-order valence-electron chi connectivity index (χ0n) is 12.6. The summed E-state index contributed by atoms with van der Waals surface area (Å²) in [6.45, 7) is 3.51. The Morgan fingerprint density at radius 2 is 2.09 bits per heavy atom. The van der Waals surface area contributed by atoms with Gasteiger partial charge in [-0.2, -0.15) is 0 Å². The van der Waals surface area contributed by atoms with Crippen LogP contribution in [0.5, 0.6) is 0 Å². The number of carbonyl (C=O) groups is 1. The van der Waals surface area contributed by atoms with E-state index in [1.807, 2.05) is 35.4 Å². The van der Waals surface area contributed by atoms with E-state index in [-0.39, 0.29) is 5.91 Å². The van der Waals surface area contributed by atoms with E-state index in [1.165, 1.54) is 0 Å². The van der Waals surface area contributed by atoms with Crippen LogP contribution in [0.25, 0.3) is 0 Å². The normalized spacial score (nSPS) is 14.7. The maximum Gasteiger partial charge on any atom is 0.236 e. The Bertz CT molecular complexity index is 577. The molecule has 0 spiro atoms. The zero-order valence-corrected chi connectivity index (χ0v) is 12.6. The molecule has 5 heteroatoms. The van der Waals surface area contributed by atoms with E-state index in [4.69, 9.17) is 4.42 Å². The van der Waals surface area contributed by atoms with Gasteiger partial charge < -0.3 is 9.32 Å². The molecule has 3 heterocycles. The molecule has 0 N–H and O–H groups in total. The Hall–Kier alpha value is -2.14. The summed E-state index contributed by atoms with van der Waals surface area (Å²) in [4.78, 5) is 20.6. The number of rotatable bonds is 6. The monoisotopic (exact) mass is 299 g/mol. The maximum atomic E-state index is 12.4. The van der Waals surface area contributed by atoms with Crippen molar-refractivity contribution in [1.29, 1.82) is 0 Å². The molecule has 0 radical (unpaired) electrons. The standard InChI is InChI=1S/C17H21N3O2/c21-17(20-8-1-2-9-20)14-19(13-16-6-4-10-22-16)12-15-5-3-7-18-11-15/h3-7,10-11H,1-2,8-9,12-14H2. The Morgan fingerprint density at radius 3 is 2.77 bits per heavy atom.